The zero-order valence-corrected chi connectivity index (χ0v) is 15.0. The lowest BCUT2D eigenvalue weighted by atomic mass is 10.1. The van der Waals surface area contributed by atoms with E-state index in [9.17, 15) is 20.0 Å². The molecular formula is C19H14ClN3O5. The number of hydrogen-bond donors (Lipinski definition) is 2. The lowest BCUT2D eigenvalue weighted by Crippen LogP contribution is -2.25. The quantitative estimate of drug-likeness (QED) is 0.372. The van der Waals surface area contributed by atoms with Crippen LogP contribution in [0, 0.1) is 10.1 Å². The van der Waals surface area contributed by atoms with Crippen molar-refractivity contribution in [3.8, 4) is 11.3 Å². The van der Waals surface area contributed by atoms with E-state index in [0.29, 0.717) is 22.6 Å². The van der Waals surface area contributed by atoms with Crippen LogP contribution in [0.15, 0.2) is 70.2 Å². The number of rotatable bonds is 6. The number of hydrazone groups is 1. The van der Waals surface area contributed by atoms with E-state index in [0.717, 1.165) is 0 Å². The van der Waals surface area contributed by atoms with Crippen LogP contribution in [0.1, 0.15) is 17.4 Å². The van der Waals surface area contributed by atoms with Crippen molar-refractivity contribution in [2.24, 2.45) is 5.10 Å². The monoisotopic (exact) mass is 399 g/mol. The molecule has 0 saturated carbocycles. The van der Waals surface area contributed by atoms with E-state index >= 15 is 0 Å². The highest BCUT2D eigenvalue weighted by molar-refractivity contribution is 6.33. The molecule has 0 saturated heterocycles. The zero-order valence-electron chi connectivity index (χ0n) is 14.3. The van der Waals surface area contributed by atoms with Gasteiger partial charge in [-0.25, -0.2) is 5.43 Å². The van der Waals surface area contributed by atoms with Crippen molar-refractivity contribution in [2.45, 2.75) is 6.10 Å². The first kappa shape index (κ1) is 19.3. The predicted molar refractivity (Wildman–Crippen MR) is 103 cm³/mol. The van der Waals surface area contributed by atoms with Crippen molar-refractivity contribution in [3.05, 3.63) is 87.1 Å². The summed E-state index contributed by atoms with van der Waals surface area (Å²) in [4.78, 5) is 22.1. The van der Waals surface area contributed by atoms with Gasteiger partial charge in [0.05, 0.1) is 16.2 Å². The summed E-state index contributed by atoms with van der Waals surface area (Å²) >= 11 is 6.07. The van der Waals surface area contributed by atoms with Crippen molar-refractivity contribution in [1.29, 1.82) is 0 Å². The molecule has 3 rings (SSSR count). The number of hydrogen-bond acceptors (Lipinski definition) is 6. The first-order chi connectivity index (χ1) is 13.5. The van der Waals surface area contributed by atoms with Gasteiger partial charge in [-0.05, 0) is 23.8 Å². The van der Waals surface area contributed by atoms with Gasteiger partial charge in [0, 0.05) is 17.7 Å². The van der Waals surface area contributed by atoms with Gasteiger partial charge in [0.15, 0.2) is 6.10 Å². The summed E-state index contributed by atoms with van der Waals surface area (Å²) in [7, 11) is 0. The molecule has 0 unspecified atom stereocenters. The third kappa shape index (κ3) is 4.43. The van der Waals surface area contributed by atoms with E-state index in [-0.39, 0.29) is 10.7 Å². The molecule has 8 nitrogen and oxygen atoms in total. The lowest BCUT2D eigenvalue weighted by molar-refractivity contribution is -0.384. The molecule has 0 aliphatic heterocycles. The Morgan fingerprint density at radius 1 is 1.21 bits per heavy atom. The van der Waals surface area contributed by atoms with Gasteiger partial charge in [-0.15, -0.1) is 0 Å². The molecule has 9 heteroatoms. The number of aliphatic hydroxyl groups is 1. The first-order valence-corrected chi connectivity index (χ1v) is 8.43. The maximum absolute atomic E-state index is 11.9. The second kappa shape index (κ2) is 8.47. The molecule has 0 aliphatic rings. The summed E-state index contributed by atoms with van der Waals surface area (Å²) in [6.07, 6.45) is -0.0808. The Hall–Kier alpha value is -3.49. The molecule has 28 heavy (non-hydrogen) atoms. The van der Waals surface area contributed by atoms with Crippen LogP contribution >= 0.6 is 11.6 Å². The smallest absolute Gasteiger partial charge is 0.273 e. The van der Waals surface area contributed by atoms with Crippen molar-refractivity contribution >= 4 is 29.4 Å². The molecule has 1 aromatic heterocycles. The van der Waals surface area contributed by atoms with Crippen LogP contribution in [0.3, 0.4) is 0 Å². The van der Waals surface area contributed by atoms with Gasteiger partial charge in [0.25, 0.3) is 11.6 Å². The Labute approximate surface area is 164 Å². The van der Waals surface area contributed by atoms with Crippen molar-refractivity contribution in [1.82, 2.24) is 5.43 Å². The van der Waals surface area contributed by atoms with Crippen LogP contribution in [-0.2, 0) is 4.79 Å². The summed E-state index contributed by atoms with van der Waals surface area (Å²) in [5.41, 5.74) is 3.04. The van der Waals surface area contributed by atoms with E-state index in [2.05, 4.69) is 10.5 Å². The minimum Gasteiger partial charge on any atom is -0.455 e. The number of nitrogens with one attached hydrogen (secondary N) is 1. The number of carbonyl (C=O) groups is 1. The van der Waals surface area contributed by atoms with Gasteiger partial charge in [-0.3, -0.25) is 14.9 Å². The van der Waals surface area contributed by atoms with Crippen molar-refractivity contribution in [3.63, 3.8) is 0 Å². The van der Waals surface area contributed by atoms with Crippen LogP contribution in [0.25, 0.3) is 11.3 Å². The number of amides is 1. The van der Waals surface area contributed by atoms with Crippen LogP contribution < -0.4 is 5.43 Å². The summed E-state index contributed by atoms with van der Waals surface area (Å²) < 4.78 is 5.56. The Morgan fingerprint density at radius 3 is 2.64 bits per heavy atom. The minimum atomic E-state index is -1.34. The fourth-order valence-electron chi connectivity index (χ4n) is 2.39. The Morgan fingerprint density at radius 2 is 1.96 bits per heavy atom. The number of nitrogens with zero attached hydrogens (tertiary/aromatic N) is 2. The molecule has 0 aliphatic carbocycles. The molecule has 0 bridgehead atoms. The van der Waals surface area contributed by atoms with E-state index in [1.807, 2.05) is 0 Å². The molecule has 2 aromatic carbocycles. The van der Waals surface area contributed by atoms with Gasteiger partial charge < -0.3 is 9.52 Å². The normalized spacial score (nSPS) is 12.1. The Kier molecular flexibility index (Phi) is 5.83. The topological polar surface area (TPSA) is 118 Å². The molecule has 2 N–H and O–H groups in total. The zero-order chi connectivity index (χ0) is 20.1. The molecule has 142 valence electrons. The molecule has 1 amide bonds. The molecule has 0 fully saturated rings. The summed E-state index contributed by atoms with van der Waals surface area (Å²) in [5, 5.41) is 24.7. The van der Waals surface area contributed by atoms with Gasteiger partial charge in [-0.1, -0.05) is 41.9 Å². The standard InChI is InChI=1S/C19H14ClN3O5/c20-16-10-13(23(26)27)6-8-15(16)17-9-7-14(28-17)11-21-22-19(25)18(24)12-4-2-1-3-5-12/h1-11,18,24H,(H,22,25)/b21-11-/t18-/m0/s1. The average Bonchev–Trinajstić information content (AvgIpc) is 3.16. The van der Waals surface area contributed by atoms with Crippen LogP contribution in [0.4, 0.5) is 5.69 Å². The number of aliphatic hydroxyl groups excluding tert-OH is 1. The van der Waals surface area contributed by atoms with Crippen molar-refractivity contribution < 1.29 is 19.2 Å². The number of halogens is 1. The van der Waals surface area contributed by atoms with Crippen LogP contribution in [0.5, 0.6) is 0 Å². The van der Waals surface area contributed by atoms with Gasteiger partial charge >= 0.3 is 0 Å². The number of nitro groups is 1. The largest absolute Gasteiger partial charge is 0.455 e. The van der Waals surface area contributed by atoms with Gasteiger partial charge in [0.1, 0.15) is 11.5 Å². The third-order valence-corrected chi connectivity index (χ3v) is 4.10. The van der Waals surface area contributed by atoms with E-state index < -0.39 is 16.9 Å². The Bertz CT molecular complexity index is 1030. The minimum absolute atomic E-state index is 0.123. The van der Waals surface area contributed by atoms with Crippen LogP contribution in [0.2, 0.25) is 5.02 Å². The molecule has 1 atom stereocenters. The highest BCUT2D eigenvalue weighted by atomic mass is 35.5. The highest BCUT2D eigenvalue weighted by Gasteiger charge is 2.16. The molecular weight excluding hydrogens is 386 g/mol. The Balaban J connectivity index is 1.66. The average molecular weight is 400 g/mol. The van der Waals surface area contributed by atoms with Gasteiger partial charge in [0.2, 0.25) is 0 Å². The predicted octanol–water partition coefficient (Wildman–Crippen LogP) is 3.69. The van der Waals surface area contributed by atoms with E-state index in [1.54, 1.807) is 42.5 Å². The highest BCUT2D eigenvalue weighted by Crippen LogP contribution is 2.32. The maximum Gasteiger partial charge on any atom is 0.273 e. The van der Waals surface area contributed by atoms with Crippen LogP contribution in [-0.4, -0.2) is 22.2 Å². The number of carbonyl (C=O) groups excluding carboxylic acids is 1. The number of furan rings is 1. The second-order valence-corrected chi connectivity index (χ2v) is 6.08. The first-order valence-electron chi connectivity index (χ1n) is 8.06. The number of nitro benzene ring substituents is 1. The molecule has 3 aromatic rings. The number of non-ortho nitro benzene ring substituents is 1. The SMILES string of the molecule is O=C(N/N=C\c1ccc(-c2ccc([N+](=O)[O-])cc2Cl)o1)[C@@H](O)c1ccccc1. The molecule has 0 radical (unpaired) electrons. The summed E-state index contributed by atoms with van der Waals surface area (Å²) in [6, 6.07) is 15.7. The van der Waals surface area contributed by atoms with Gasteiger partial charge in [-0.2, -0.15) is 5.10 Å². The maximum atomic E-state index is 11.9. The second-order valence-electron chi connectivity index (χ2n) is 5.67. The number of benzene rings is 2. The van der Waals surface area contributed by atoms with E-state index in [1.165, 1.54) is 24.4 Å². The summed E-state index contributed by atoms with van der Waals surface area (Å²) in [5.74, 6) is 0.0172. The van der Waals surface area contributed by atoms with E-state index in [4.69, 9.17) is 16.0 Å². The third-order valence-electron chi connectivity index (χ3n) is 3.79. The molecule has 1 heterocycles. The fraction of sp³-hybridized carbons (Fsp3) is 0.0526. The fourth-order valence-corrected chi connectivity index (χ4v) is 2.66. The summed E-state index contributed by atoms with van der Waals surface area (Å²) in [6.45, 7) is 0. The lowest BCUT2D eigenvalue weighted by Gasteiger charge is -2.08. The molecule has 0 spiro atoms. The van der Waals surface area contributed by atoms with Crippen molar-refractivity contribution in [2.75, 3.05) is 0 Å².